The third kappa shape index (κ3) is 4.85. The minimum Gasteiger partial charge on any atom is -0.355 e. The van der Waals surface area contributed by atoms with Crippen molar-refractivity contribution < 1.29 is 4.79 Å². The Morgan fingerprint density at radius 1 is 1.33 bits per heavy atom. The molecule has 4 rings (SSSR count). The molecule has 9 heteroatoms. The molecule has 0 radical (unpaired) electrons. The number of halogens is 1. The Hall–Kier alpha value is -1.09. The summed E-state index contributed by atoms with van der Waals surface area (Å²) in [7, 11) is 0. The largest absolute Gasteiger partial charge is 0.355 e. The topological polar surface area (TPSA) is 86.9 Å². The van der Waals surface area contributed by atoms with Gasteiger partial charge in [-0.25, -0.2) is 4.98 Å². The summed E-state index contributed by atoms with van der Waals surface area (Å²) in [6.07, 6.45) is 6.05. The number of carbonyl (C=O) groups excluding carboxylic acids is 1. The highest BCUT2D eigenvalue weighted by molar-refractivity contribution is 7.98. The standard InChI is InChI=1S/C18H24N4O2S2.ClH/c23-15(20-9-11-3-2-7-19-11)6-8-25-10-14-21-17(24)16-12-4-1-5-13(12)26-18(16)22-14;/h11,19H,1-10H2,(H,20,23)(H,21,22,24);1H. The fraction of sp³-hybridized carbons (Fsp3) is 0.611. The molecule has 1 fully saturated rings. The Morgan fingerprint density at radius 2 is 2.22 bits per heavy atom. The Kier molecular flexibility index (Phi) is 7.19. The Morgan fingerprint density at radius 3 is 3.04 bits per heavy atom. The molecule has 1 atom stereocenters. The van der Waals surface area contributed by atoms with E-state index in [4.69, 9.17) is 0 Å². The van der Waals surface area contributed by atoms with E-state index in [1.54, 1.807) is 23.1 Å². The zero-order valence-electron chi connectivity index (χ0n) is 15.1. The summed E-state index contributed by atoms with van der Waals surface area (Å²) >= 11 is 3.30. The smallest absolute Gasteiger partial charge is 0.259 e. The number of carbonyl (C=O) groups is 1. The number of thiophene rings is 1. The molecule has 1 unspecified atom stereocenters. The second kappa shape index (κ2) is 9.41. The number of rotatable bonds is 7. The Labute approximate surface area is 172 Å². The van der Waals surface area contributed by atoms with Crippen LogP contribution in [0.15, 0.2) is 4.79 Å². The molecule has 1 aliphatic heterocycles. The van der Waals surface area contributed by atoms with Gasteiger partial charge in [-0.2, -0.15) is 11.8 Å². The van der Waals surface area contributed by atoms with Crippen LogP contribution in [0.25, 0.3) is 10.2 Å². The summed E-state index contributed by atoms with van der Waals surface area (Å²) in [6, 6.07) is 0.431. The summed E-state index contributed by atoms with van der Waals surface area (Å²) in [5.74, 6) is 2.17. The van der Waals surface area contributed by atoms with Crippen LogP contribution in [-0.4, -0.2) is 40.8 Å². The number of aromatic nitrogens is 2. The van der Waals surface area contributed by atoms with E-state index in [0.717, 1.165) is 54.7 Å². The van der Waals surface area contributed by atoms with Gasteiger partial charge in [-0.1, -0.05) is 0 Å². The van der Waals surface area contributed by atoms with Gasteiger partial charge in [-0.05, 0) is 44.2 Å². The van der Waals surface area contributed by atoms with Gasteiger partial charge in [0, 0.05) is 29.6 Å². The second-order valence-electron chi connectivity index (χ2n) is 6.95. The first kappa shape index (κ1) is 20.6. The Balaban J connectivity index is 0.00000210. The van der Waals surface area contributed by atoms with E-state index in [-0.39, 0.29) is 23.9 Å². The molecule has 148 valence electrons. The summed E-state index contributed by atoms with van der Waals surface area (Å²) in [4.78, 5) is 34.1. The number of H-pyrrole nitrogens is 1. The molecule has 3 heterocycles. The lowest BCUT2D eigenvalue weighted by Gasteiger charge is -2.11. The number of amides is 1. The number of aryl methyl sites for hydroxylation is 2. The van der Waals surface area contributed by atoms with Gasteiger partial charge in [0.15, 0.2) is 0 Å². The maximum atomic E-state index is 12.4. The van der Waals surface area contributed by atoms with Crippen molar-refractivity contribution in [3.63, 3.8) is 0 Å². The van der Waals surface area contributed by atoms with Crippen molar-refractivity contribution in [2.45, 2.75) is 50.3 Å². The SMILES string of the molecule is Cl.O=C(CCSCc1nc2sc3c(c2c(=O)[nH]1)CCC3)NCC1CCCN1. The average molecular weight is 429 g/mol. The van der Waals surface area contributed by atoms with Gasteiger partial charge in [-0.15, -0.1) is 23.7 Å². The minimum absolute atomic E-state index is 0. The fourth-order valence-electron chi connectivity index (χ4n) is 3.71. The normalized spacial score (nSPS) is 18.4. The van der Waals surface area contributed by atoms with E-state index in [2.05, 4.69) is 20.6 Å². The number of fused-ring (bicyclic) bond motifs is 3. The van der Waals surface area contributed by atoms with E-state index >= 15 is 0 Å². The van der Waals surface area contributed by atoms with Crippen LogP contribution in [0.4, 0.5) is 0 Å². The van der Waals surface area contributed by atoms with E-state index in [9.17, 15) is 9.59 Å². The van der Waals surface area contributed by atoms with E-state index in [0.29, 0.717) is 24.0 Å². The monoisotopic (exact) mass is 428 g/mol. The van der Waals surface area contributed by atoms with E-state index in [1.807, 2.05) is 0 Å². The molecule has 0 bridgehead atoms. The highest BCUT2D eigenvalue weighted by Gasteiger charge is 2.21. The van der Waals surface area contributed by atoms with Gasteiger partial charge in [0.25, 0.3) is 5.56 Å². The molecule has 6 nitrogen and oxygen atoms in total. The van der Waals surface area contributed by atoms with Crippen LogP contribution in [0, 0.1) is 0 Å². The van der Waals surface area contributed by atoms with Crippen molar-refractivity contribution in [2.24, 2.45) is 0 Å². The van der Waals surface area contributed by atoms with Gasteiger partial charge in [-0.3, -0.25) is 9.59 Å². The molecule has 2 aromatic rings. The molecule has 0 saturated carbocycles. The Bertz CT molecular complexity index is 861. The molecule has 1 saturated heterocycles. The number of aromatic amines is 1. The van der Waals surface area contributed by atoms with Crippen molar-refractivity contribution >= 4 is 51.6 Å². The zero-order valence-corrected chi connectivity index (χ0v) is 17.6. The predicted molar refractivity (Wildman–Crippen MR) is 114 cm³/mol. The average Bonchev–Trinajstić information content (AvgIpc) is 3.33. The van der Waals surface area contributed by atoms with Crippen molar-refractivity contribution in [3.05, 3.63) is 26.6 Å². The van der Waals surface area contributed by atoms with Gasteiger partial charge < -0.3 is 15.6 Å². The van der Waals surface area contributed by atoms with Crippen LogP contribution in [0.5, 0.6) is 0 Å². The van der Waals surface area contributed by atoms with Crippen LogP contribution in [0.2, 0.25) is 0 Å². The molecular weight excluding hydrogens is 404 g/mol. The zero-order chi connectivity index (χ0) is 17.9. The molecular formula is C18H25ClN4O2S2. The summed E-state index contributed by atoms with van der Waals surface area (Å²) < 4.78 is 0. The molecule has 2 aromatic heterocycles. The van der Waals surface area contributed by atoms with E-state index in [1.165, 1.54) is 16.9 Å². The molecule has 3 N–H and O–H groups in total. The fourth-order valence-corrected chi connectivity index (χ4v) is 5.79. The first-order valence-corrected chi connectivity index (χ1v) is 11.3. The lowest BCUT2D eigenvalue weighted by Crippen LogP contribution is -2.37. The molecule has 0 aromatic carbocycles. The maximum absolute atomic E-state index is 12.4. The van der Waals surface area contributed by atoms with Gasteiger partial charge in [0.2, 0.25) is 5.91 Å². The van der Waals surface area contributed by atoms with Crippen molar-refractivity contribution in [1.29, 1.82) is 0 Å². The molecule has 2 aliphatic rings. The van der Waals surface area contributed by atoms with Crippen molar-refractivity contribution in [2.75, 3.05) is 18.8 Å². The maximum Gasteiger partial charge on any atom is 0.259 e. The van der Waals surface area contributed by atoms with Gasteiger partial charge in [0.1, 0.15) is 10.7 Å². The highest BCUT2D eigenvalue weighted by Crippen LogP contribution is 2.34. The first-order chi connectivity index (χ1) is 12.7. The minimum atomic E-state index is -0.00759. The van der Waals surface area contributed by atoms with Crippen molar-refractivity contribution in [3.8, 4) is 0 Å². The summed E-state index contributed by atoms with van der Waals surface area (Å²) in [6.45, 7) is 1.78. The third-order valence-corrected chi connectivity index (χ3v) is 7.20. The number of nitrogens with one attached hydrogen (secondary N) is 3. The number of nitrogens with zero attached hydrogens (tertiary/aromatic N) is 1. The number of hydrogen-bond acceptors (Lipinski definition) is 6. The highest BCUT2D eigenvalue weighted by atomic mass is 35.5. The summed E-state index contributed by atoms with van der Waals surface area (Å²) in [5.41, 5.74) is 1.21. The van der Waals surface area contributed by atoms with Crippen LogP contribution >= 0.6 is 35.5 Å². The third-order valence-electron chi connectivity index (χ3n) is 5.04. The van der Waals surface area contributed by atoms with Crippen molar-refractivity contribution in [1.82, 2.24) is 20.6 Å². The van der Waals surface area contributed by atoms with Crippen LogP contribution in [0.1, 0.15) is 41.9 Å². The number of thioether (sulfide) groups is 1. The quantitative estimate of drug-likeness (QED) is 0.589. The van der Waals surface area contributed by atoms with Gasteiger partial charge >= 0.3 is 0 Å². The molecule has 1 aliphatic carbocycles. The lowest BCUT2D eigenvalue weighted by atomic mass is 10.2. The van der Waals surface area contributed by atoms with E-state index < -0.39 is 0 Å². The second-order valence-corrected chi connectivity index (χ2v) is 9.14. The predicted octanol–water partition coefficient (Wildman–Crippen LogP) is 2.39. The van der Waals surface area contributed by atoms with Crippen LogP contribution in [0.3, 0.4) is 0 Å². The summed E-state index contributed by atoms with van der Waals surface area (Å²) in [5, 5.41) is 7.17. The molecule has 1 amide bonds. The van der Waals surface area contributed by atoms with Crippen LogP contribution in [-0.2, 0) is 23.4 Å². The van der Waals surface area contributed by atoms with Crippen LogP contribution < -0.4 is 16.2 Å². The first-order valence-electron chi connectivity index (χ1n) is 9.32. The molecule has 27 heavy (non-hydrogen) atoms. The van der Waals surface area contributed by atoms with Gasteiger partial charge in [0.05, 0.1) is 11.1 Å². The number of hydrogen-bond donors (Lipinski definition) is 3. The lowest BCUT2D eigenvalue weighted by molar-refractivity contribution is -0.120. The molecule has 0 spiro atoms.